The van der Waals surface area contributed by atoms with Gasteiger partial charge in [-0.1, -0.05) is 44.2 Å². The molecule has 2 heteroatoms. The zero-order valence-electron chi connectivity index (χ0n) is 9.66. The second kappa shape index (κ2) is 7.04. The second-order valence-corrected chi connectivity index (χ2v) is 3.52. The van der Waals surface area contributed by atoms with Crippen molar-refractivity contribution in [3.8, 4) is 0 Å². The van der Waals surface area contributed by atoms with Gasteiger partial charge in [-0.2, -0.15) is 0 Å². The van der Waals surface area contributed by atoms with Crippen molar-refractivity contribution >= 4 is 5.84 Å². The van der Waals surface area contributed by atoms with Crippen LogP contribution in [0.2, 0.25) is 0 Å². The number of rotatable bonds is 5. The number of amidine groups is 1. The Hall–Kier alpha value is -1.31. The van der Waals surface area contributed by atoms with Gasteiger partial charge in [-0.05, 0) is 12.8 Å². The van der Waals surface area contributed by atoms with Gasteiger partial charge in [0.2, 0.25) is 0 Å². The number of benzene rings is 1. The summed E-state index contributed by atoms with van der Waals surface area (Å²) >= 11 is 0. The lowest BCUT2D eigenvalue weighted by Gasteiger charge is -2.08. The van der Waals surface area contributed by atoms with Crippen LogP contribution < -0.4 is 5.32 Å². The van der Waals surface area contributed by atoms with Crippen LogP contribution in [0.5, 0.6) is 0 Å². The molecule has 0 radical (unpaired) electrons. The number of hydrogen-bond acceptors (Lipinski definition) is 1. The van der Waals surface area contributed by atoms with Crippen molar-refractivity contribution in [3.63, 3.8) is 0 Å². The second-order valence-electron chi connectivity index (χ2n) is 3.52. The molecule has 0 bridgehead atoms. The summed E-state index contributed by atoms with van der Waals surface area (Å²) in [5, 5.41) is 3.37. The predicted octanol–water partition coefficient (Wildman–Crippen LogP) is 2.84. The molecule has 15 heavy (non-hydrogen) atoms. The normalized spacial score (nSPS) is 11.5. The Balaban J connectivity index is 2.72. The molecule has 1 N–H and O–H groups in total. The van der Waals surface area contributed by atoms with E-state index in [1.54, 1.807) is 0 Å². The Morgan fingerprint density at radius 2 is 1.87 bits per heavy atom. The molecule has 0 aromatic heterocycles. The topological polar surface area (TPSA) is 24.4 Å². The predicted molar refractivity (Wildman–Crippen MR) is 66.4 cm³/mol. The van der Waals surface area contributed by atoms with Crippen molar-refractivity contribution in [1.82, 2.24) is 5.32 Å². The summed E-state index contributed by atoms with van der Waals surface area (Å²) < 4.78 is 0. The Labute approximate surface area is 92.4 Å². The summed E-state index contributed by atoms with van der Waals surface area (Å²) in [6, 6.07) is 10.3. The van der Waals surface area contributed by atoms with Crippen LogP contribution in [0.15, 0.2) is 35.3 Å². The van der Waals surface area contributed by atoms with E-state index in [1.807, 2.05) is 18.2 Å². The Bertz CT molecular complexity index is 291. The molecule has 1 aromatic rings. The van der Waals surface area contributed by atoms with Crippen LogP contribution in [0.4, 0.5) is 0 Å². The monoisotopic (exact) mass is 204 g/mol. The molecule has 82 valence electrons. The van der Waals surface area contributed by atoms with E-state index >= 15 is 0 Å². The van der Waals surface area contributed by atoms with Gasteiger partial charge in [0.15, 0.2) is 0 Å². The summed E-state index contributed by atoms with van der Waals surface area (Å²) in [7, 11) is 0. The van der Waals surface area contributed by atoms with Crippen LogP contribution in [-0.4, -0.2) is 18.9 Å². The highest BCUT2D eigenvalue weighted by atomic mass is 15.0. The van der Waals surface area contributed by atoms with Crippen molar-refractivity contribution in [2.75, 3.05) is 13.1 Å². The maximum Gasteiger partial charge on any atom is 0.128 e. The van der Waals surface area contributed by atoms with Gasteiger partial charge in [0, 0.05) is 18.7 Å². The van der Waals surface area contributed by atoms with Gasteiger partial charge in [0.25, 0.3) is 0 Å². The van der Waals surface area contributed by atoms with Gasteiger partial charge in [-0.15, -0.1) is 0 Å². The van der Waals surface area contributed by atoms with Crippen molar-refractivity contribution in [1.29, 1.82) is 0 Å². The highest BCUT2D eigenvalue weighted by Crippen LogP contribution is 2.00. The number of nitrogens with zero attached hydrogens (tertiary/aromatic N) is 1. The lowest BCUT2D eigenvalue weighted by molar-refractivity contribution is 0.827. The first-order valence-corrected chi connectivity index (χ1v) is 5.72. The summed E-state index contributed by atoms with van der Waals surface area (Å²) in [6.45, 7) is 6.18. The molecule has 1 rings (SSSR count). The minimum atomic E-state index is 0.890. The average Bonchev–Trinajstić information content (AvgIpc) is 2.30. The first-order chi connectivity index (χ1) is 7.38. The van der Waals surface area contributed by atoms with Gasteiger partial charge in [0.05, 0.1) is 0 Å². The maximum atomic E-state index is 4.56. The quantitative estimate of drug-likeness (QED) is 0.579. The third kappa shape index (κ3) is 4.15. The van der Waals surface area contributed by atoms with Crippen molar-refractivity contribution in [3.05, 3.63) is 35.9 Å². The maximum absolute atomic E-state index is 4.56. The van der Waals surface area contributed by atoms with E-state index in [1.165, 1.54) is 5.56 Å². The molecular weight excluding hydrogens is 184 g/mol. The molecular formula is C13H20N2. The average molecular weight is 204 g/mol. The third-order valence-corrected chi connectivity index (χ3v) is 2.08. The van der Waals surface area contributed by atoms with Gasteiger partial charge >= 0.3 is 0 Å². The summed E-state index contributed by atoms with van der Waals surface area (Å²) in [4.78, 5) is 4.56. The SMILES string of the molecule is CCCN=C(NCCC)c1ccccc1. The van der Waals surface area contributed by atoms with E-state index in [4.69, 9.17) is 0 Å². The fourth-order valence-electron chi connectivity index (χ4n) is 1.31. The third-order valence-electron chi connectivity index (χ3n) is 2.08. The summed E-state index contributed by atoms with van der Waals surface area (Å²) in [5.74, 6) is 1.03. The van der Waals surface area contributed by atoms with Crippen LogP contribution in [0.25, 0.3) is 0 Å². The Morgan fingerprint density at radius 3 is 2.47 bits per heavy atom. The number of nitrogens with one attached hydrogen (secondary N) is 1. The summed E-state index contributed by atoms with van der Waals surface area (Å²) in [6.07, 6.45) is 2.21. The Morgan fingerprint density at radius 1 is 1.13 bits per heavy atom. The fourth-order valence-corrected chi connectivity index (χ4v) is 1.31. The van der Waals surface area contributed by atoms with Crippen molar-refractivity contribution < 1.29 is 0 Å². The van der Waals surface area contributed by atoms with Gasteiger partial charge in [-0.3, -0.25) is 4.99 Å². The van der Waals surface area contributed by atoms with Crippen LogP contribution in [0.1, 0.15) is 32.3 Å². The van der Waals surface area contributed by atoms with E-state index < -0.39 is 0 Å². The minimum absolute atomic E-state index is 0.890. The minimum Gasteiger partial charge on any atom is -0.370 e. The molecule has 0 fully saturated rings. The van der Waals surface area contributed by atoms with Crippen molar-refractivity contribution in [2.45, 2.75) is 26.7 Å². The van der Waals surface area contributed by atoms with Crippen LogP contribution >= 0.6 is 0 Å². The van der Waals surface area contributed by atoms with Crippen LogP contribution in [-0.2, 0) is 0 Å². The largest absolute Gasteiger partial charge is 0.370 e. The lowest BCUT2D eigenvalue weighted by atomic mass is 10.2. The molecule has 0 saturated carbocycles. The molecule has 0 aliphatic carbocycles. The molecule has 0 aliphatic heterocycles. The highest BCUT2D eigenvalue weighted by Gasteiger charge is 1.99. The van der Waals surface area contributed by atoms with Gasteiger partial charge < -0.3 is 5.32 Å². The molecule has 0 spiro atoms. The van der Waals surface area contributed by atoms with E-state index in [-0.39, 0.29) is 0 Å². The molecule has 1 aromatic carbocycles. The summed E-state index contributed by atoms with van der Waals surface area (Å²) in [5.41, 5.74) is 1.18. The van der Waals surface area contributed by atoms with Crippen LogP contribution in [0.3, 0.4) is 0 Å². The molecule has 0 amide bonds. The van der Waals surface area contributed by atoms with E-state index in [2.05, 4.69) is 36.3 Å². The molecule has 2 nitrogen and oxygen atoms in total. The van der Waals surface area contributed by atoms with E-state index in [9.17, 15) is 0 Å². The standard InChI is InChI=1S/C13H20N2/c1-3-10-14-13(15-11-4-2)12-8-6-5-7-9-12/h5-9H,3-4,10-11H2,1-2H3,(H,14,15). The Kier molecular flexibility index (Phi) is 5.52. The van der Waals surface area contributed by atoms with E-state index in [0.717, 1.165) is 31.8 Å². The zero-order chi connectivity index (χ0) is 10.9. The van der Waals surface area contributed by atoms with E-state index in [0.29, 0.717) is 0 Å². The molecule has 0 saturated heterocycles. The van der Waals surface area contributed by atoms with Crippen LogP contribution in [0, 0.1) is 0 Å². The lowest BCUT2D eigenvalue weighted by Crippen LogP contribution is -2.25. The smallest absolute Gasteiger partial charge is 0.128 e. The molecule has 0 heterocycles. The molecule has 0 atom stereocenters. The molecule has 0 unspecified atom stereocenters. The first kappa shape index (κ1) is 11.8. The molecule has 0 aliphatic rings. The first-order valence-electron chi connectivity index (χ1n) is 5.72. The zero-order valence-corrected chi connectivity index (χ0v) is 9.66. The number of hydrogen-bond donors (Lipinski definition) is 1. The van der Waals surface area contributed by atoms with Crippen molar-refractivity contribution in [2.24, 2.45) is 4.99 Å². The van der Waals surface area contributed by atoms with Gasteiger partial charge in [-0.25, -0.2) is 0 Å². The van der Waals surface area contributed by atoms with Gasteiger partial charge in [0.1, 0.15) is 5.84 Å². The fraction of sp³-hybridized carbons (Fsp3) is 0.462. The number of aliphatic imine (C=N–C) groups is 1. The highest BCUT2D eigenvalue weighted by molar-refractivity contribution is 5.98.